The van der Waals surface area contributed by atoms with Crippen molar-refractivity contribution in [1.29, 1.82) is 0 Å². The number of hydrogen-bond donors (Lipinski definition) is 2. The highest BCUT2D eigenvalue weighted by molar-refractivity contribution is 5.89. The molecule has 4 heteroatoms. The maximum atomic E-state index is 13.2. The van der Waals surface area contributed by atoms with Crippen LogP contribution in [0.2, 0.25) is 0 Å². The topological polar surface area (TPSA) is 51.2 Å². The van der Waals surface area contributed by atoms with Gasteiger partial charge in [-0.25, -0.2) is 4.39 Å². The molecule has 1 heterocycles. The number of phenolic OH excluding ortho intramolecular Hbond substituents is 1. The Bertz CT molecular complexity index is 519. The van der Waals surface area contributed by atoms with Gasteiger partial charge in [0.05, 0.1) is 5.52 Å². The Kier molecular flexibility index (Phi) is 2.83. The van der Waals surface area contributed by atoms with Crippen LogP contribution in [0, 0.1) is 5.82 Å². The second-order valence-corrected chi connectivity index (χ2v) is 3.80. The van der Waals surface area contributed by atoms with E-state index in [0.717, 1.165) is 23.7 Å². The van der Waals surface area contributed by atoms with E-state index in [1.54, 1.807) is 0 Å². The van der Waals surface area contributed by atoms with Gasteiger partial charge in [-0.05, 0) is 31.5 Å². The normalized spacial score (nSPS) is 11.2. The quantitative estimate of drug-likeness (QED) is 0.834. The molecule has 1 aromatic heterocycles. The van der Waals surface area contributed by atoms with Crippen molar-refractivity contribution in [3.63, 3.8) is 0 Å². The van der Waals surface area contributed by atoms with Crippen LogP contribution in [0.4, 0.5) is 4.39 Å². The van der Waals surface area contributed by atoms with E-state index < -0.39 is 5.82 Å². The molecule has 0 amide bonds. The second-order valence-electron chi connectivity index (χ2n) is 3.80. The molecule has 0 aliphatic heterocycles. The molecule has 0 spiro atoms. The average Bonchev–Trinajstić information content (AvgIpc) is 2.57. The molecule has 2 rings (SSSR count). The van der Waals surface area contributed by atoms with Crippen molar-refractivity contribution in [3.8, 4) is 5.75 Å². The molecule has 0 saturated carbocycles. The van der Waals surface area contributed by atoms with Gasteiger partial charge in [0.25, 0.3) is 0 Å². The van der Waals surface area contributed by atoms with Crippen LogP contribution >= 0.6 is 0 Å². The molecule has 16 heavy (non-hydrogen) atoms. The van der Waals surface area contributed by atoms with Crippen LogP contribution in [-0.4, -0.2) is 16.2 Å². The number of hydrogen-bond acceptors (Lipinski definition) is 2. The Labute approximate surface area is 93.3 Å². The van der Waals surface area contributed by atoms with Crippen molar-refractivity contribution < 1.29 is 9.50 Å². The van der Waals surface area contributed by atoms with Crippen molar-refractivity contribution >= 4 is 10.9 Å². The van der Waals surface area contributed by atoms with Gasteiger partial charge < -0.3 is 15.4 Å². The zero-order valence-corrected chi connectivity index (χ0v) is 9.20. The van der Waals surface area contributed by atoms with Crippen molar-refractivity contribution in [3.05, 3.63) is 29.7 Å². The van der Waals surface area contributed by atoms with Crippen LogP contribution in [0.5, 0.6) is 5.75 Å². The summed E-state index contributed by atoms with van der Waals surface area (Å²) in [6.45, 7) is 3.23. The van der Waals surface area contributed by atoms with Gasteiger partial charge in [0.2, 0.25) is 0 Å². The smallest absolute Gasteiger partial charge is 0.129 e. The molecule has 86 valence electrons. The minimum atomic E-state index is -0.419. The zero-order chi connectivity index (χ0) is 11.7. The number of fused-ring (bicyclic) bond motifs is 1. The monoisotopic (exact) mass is 222 g/mol. The van der Waals surface area contributed by atoms with Crippen LogP contribution in [0.25, 0.3) is 10.9 Å². The Hall–Kier alpha value is -1.55. The third kappa shape index (κ3) is 1.65. The van der Waals surface area contributed by atoms with Crippen molar-refractivity contribution in [2.45, 2.75) is 19.9 Å². The summed E-state index contributed by atoms with van der Waals surface area (Å²) >= 11 is 0. The van der Waals surface area contributed by atoms with Crippen LogP contribution in [0.1, 0.15) is 12.5 Å². The fourth-order valence-electron chi connectivity index (χ4n) is 2.06. The number of halogens is 1. The largest absolute Gasteiger partial charge is 0.507 e. The number of aromatic nitrogens is 1. The van der Waals surface area contributed by atoms with Gasteiger partial charge in [0.1, 0.15) is 11.6 Å². The predicted octanol–water partition coefficient (Wildman–Crippen LogP) is 2.01. The lowest BCUT2D eigenvalue weighted by atomic mass is 10.1. The second kappa shape index (κ2) is 4.14. The Morgan fingerprint density at radius 1 is 1.44 bits per heavy atom. The summed E-state index contributed by atoms with van der Waals surface area (Å²) < 4.78 is 15.1. The summed E-state index contributed by atoms with van der Waals surface area (Å²) in [6, 6.07) is 2.58. The Morgan fingerprint density at radius 2 is 2.19 bits per heavy atom. The average molecular weight is 222 g/mol. The number of benzene rings is 1. The van der Waals surface area contributed by atoms with Crippen molar-refractivity contribution in [2.75, 3.05) is 6.54 Å². The van der Waals surface area contributed by atoms with Crippen LogP contribution in [0.15, 0.2) is 18.3 Å². The SMILES string of the molecule is CCn1cc(CCN)c2c(O)cc(F)cc21. The molecule has 0 fully saturated rings. The maximum absolute atomic E-state index is 13.2. The van der Waals surface area contributed by atoms with Gasteiger partial charge in [-0.15, -0.1) is 0 Å². The standard InChI is InChI=1S/C12H15FN2O/c1-2-15-7-8(3-4-14)12-10(15)5-9(13)6-11(12)16/h5-7,16H,2-4,14H2,1H3. The third-order valence-corrected chi connectivity index (χ3v) is 2.76. The number of rotatable bonds is 3. The summed E-state index contributed by atoms with van der Waals surface area (Å²) in [5.41, 5.74) is 7.21. The fraction of sp³-hybridized carbons (Fsp3) is 0.333. The lowest BCUT2D eigenvalue weighted by Gasteiger charge is -2.02. The molecular formula is C12H15FN2O. The van der Waals surface area contributed by atoms with Gasteiger partial charge in [0, 0.05) is 24.2 Å². The van der Waals surface area contributed by atoms with E-state index >= 15 is 0 Å². The molecule has 0 radical (unpaired) electrons. The predicted molar refractivity (Wildman–Crippen MR) is 62.0 cm³/mol. The van der Waals surface area contributed by atoms with Crippen molar-refractivity contribution in [2.24, 2.45) is 5.73 Å². The molecular weight excluding hydrogens is 207 g/mol. The highest BCUT2D eigenvalue weighted by Crippen LogP contribution is 2.31. The van der Waals surface area contributed by atoms with Gasteiger partial charge in [0.15, 0.2) is 0 Å². The minimum Gasteiger partial charge on any atom is -0.507 e. The van der Waals surface area contributed by atoms with Crippen LogP contribution in [-0.2, 0) is 13.0 Å². The minimum absolute atomic E-state index is 0.00866. The van der Waals surface area contributed by atoms with Gasteiger partial charge >= 0.3 is 0 Å². The number of phenols is 1. The number of nitrogens with zero attached hydrogens (tertiary/aromatic N) is 1. The zero-order valence-electron chi connectivity index (χ0n) is 9.20. The highest BCUT2D eigenvalue weighted by Gasteiger charge is 2.12. The summed E-state index contributed by atoms with van der Waals surface area (Å²) in [5.74, 6) is -0.428. The molecule has 0 atom stereocenters. The fourth-order valence-corrected chi connectivity index (χ4v) is 2.06. The van der Waals surface area contributed by atoms with Crippen molar-refractivity contribution in [1.82, 2.24) is 4.57 Å². The molecule has 0 saturated heterocycles. The molecule has 2 aromatic rings. The maximum Gasteiger partial charge on any atom is 0.129 e. The lowest BCUT2D eigenvalue weighted by molar-refractivity contribution is 0.475. The van der Waals surface area contributed by atoms with E-state index in [4.69, 9.17) is 5.73 Å². The van der Waals surface area contributed by atoms with Gasteiger partial charge in [-0.1, -0.05) is 0 Å². The van der Waals surface area contributed by atoms with Gasteiger partial charge in [-0.3, -0.25) is 0 Å². The van der Waals surface area contributed by atoms with E-state index in [1.807, 2.05) is 17.7 Å². The lowest BCUT2D eigenvalue weighted by Crippen LogP contribution is -2.02. The first-order valence-electron chi connectivity index (χ1n) is 5.37. The molecule has 0 aliphatic rings. The summed E-state index contributed by atoms with van der Waals surface area (Å²) in [7, 11) is 0. The molecule has 1 aromatic carbocycles. The van der Waals surface area contributed by atoms with Crippen LogP contribution < -0.4 is 5.73 Å². The number of aryl methyl sites for hydroxylation is 1. The summed E-state index contributed by atoms with van der Waals surface area (Å²) in [5, 5.41) is 10.5. The van der Waals surface area contributed by atoms with E-state index in [-0.39, 0.29) is 5.75 Å². The van der Waals surface area contributed by atoms with Gasteiger partial charge in [-0.2, -0.15) is 0 Å². The Balaban J connectivity index is 2.74. The molecule has 0 bridgehead atoms. The molecule has 0 unspecified atom stereocenters. The molecule has 3 N–H and O–H groups in total. The first-order chi connectivity index (χ1) is 7.67. The first-order valence-corrected chi connectivity index (χ1v) is 5.37. The Morgan fingerprint density at radius 3 is 2.81 bits per heavy atom. The molecule has 3 nitrogen and oxygen atoms in total. The van der Waals surface area contributed by atoms with E-state index in [2.05, 4.69) is 0 Å². The summed E-state index contributed by atoms with van der Waals surface area (Å²) in [6.07, 6.45) is 2.61. The number of aromatic hydroxyl groups is 1. The van der Waals surface area contributed by atoms with E-state index in [9.17, 15) is 9.50 Å². The third-order valence-electron chi connectivity index (χ3n) is 2.76. The van der Waals surface area contributed by atoms with E-state index in [0.29, 0.717) is 18.4 Å². The summed E-state index contributed by atoms with van der Waals surface area (Å²) in [4.78, 5) is 0. The highest BCUT2D eigenvalue weighted by atomic mass is 19.1. The molecule has 0 aliphatic carbocycles. The van der Waals surface area contributed by atoms with Crippen LogP contribution in [0.3, 0.4) is 0 Å². The number of nitrogens with two attached hydrogens (primary N) is 1. The first kappa shape index (κ1) is 11.0. The van der Waals surface area contributed by atoms with E-state index in [1.165, 1.54) is 6.07 Å².